The maximum atomic E-state index is 10.7. The number of benzene rings is 2. The standard InChI is InChI=1S/C13H10ClN3O4/c14-11-6-8(13(15)16-18)4-5-12(11)21-10-3-1-2-9(7-10)17(19)20/h1-7,18H,(H2,15,16). The lowest BCUT2D eigenvalue weighted by atomic mass is 10.2. The topological polar surface area (TPSA) is 111 Å². The third-order valence-corrected chi connectivity index (χ3v) is 2.89. The summed E-state index contributed by atoms with van der Waals surface area (Å²) >= 11 is 6.03. The molecular formula is C13H10ClN3O4. The highest BCUT2D eigenvalue weighted by atomic mass is 35.5. The summed E-state index contributed by atoms with van der Waals surface area (Å²) in [7, 11) is 0. The van der Waals surface area contributed by atoms with Gasteiger partial charge in [-0.05, 0) is 24.3 Å². The van der Waals surface area contributed by atoms with E-state index in [1.54, 1.807) is 12.1 Å². The molecule has 7 nitrogen and oxygen atoms in total. The number of rotatable bonds is 4. The molecule has 0 aliphatic heterocycles. The number of hydrogen-bond donors (Lipinski definition) is 2. The molecule has 0 atom stereocenters. The normalized spacial score (nSPS) is 11.2. The third kappa shape index (κ3) is 3.40. The number of nitrogens with two attached hydrogens (primary N) is 1. The van der Waals surface area contributed by atoms with Crippen LogP contribution in [-0.4, -0.2) is 16.0 Å². The van der Waals surface area contributed by atoms with E-state index in [4.69, 9.17) is 27.3 Å². The van der Waals surface area contributed by atoms with Gasteiger partial charge in [0.15, 0.2) is 5.84 Å². The maximum Gasteiger partial charge on any atom is 0.273 e. The van der Waals surface area contributed by atoms with Crippen LogP contribution in [0.4, 0.5) is 5.69 Å². The Bertz CT molecular complexity index is 718. The van der Waals surface area contributed by atoms with Crippen molar-refractivity contribution in [2.24, 2.45) is 10.9 Å². The van der Waals surface area contributed by atoms with E-state index >= 15 is 0 Å². The average Bonchev–Trinajstić information content (AvgIpc) is 2.48. The van der Waals surface area contributed by atoms with Gasteiger partial charge in [0.25, 0.3) is 5.69 Å². The second-order valence-corrected chi connectivity index (χ2v) is 4.39. The molecule has 0 bridgehead atoms. The van der Waals surface area contributed by atoms with Crippen molar-refractivity contribution in [1.29, 1.82) is 0 Å². The van der Waals surface area contributed by atoms with Crippen LogP contribution in [0.3, 0.4) is 0 Å². The van der Waals surface area contributed by atoms with Crippen molar-refractivity contribution in [2.75, 3.05) is 0 Å². The Morgan fingerprint density at radius 2 is 2.10 bits per heavy atom. The van der Waals surface area contributed by atoms with Crippen LogP contribution < -0.4 is 10.5 Å². The summed E-state index contributed by atoms with van der Waals surface area (Å²) in [4.78, 5) is 10.2. The van der Waals surface area contributed by atoms with Crippen molar-refractivity contribution in [3.05, 3.63) is 63.2 Å². The Labute approximate surface area is 124 Å². The Balaban J connectivity index is 2.28. The van der Waals surface area contributed by atoms with Gasteiger partial charge < -0.3 is 15.7 Å². The zero-order valence-corrected chi connectivity index (χ0v) is 11.3. The number of halogens is 1. The summed E-state index contributed by atoms with van der Waals surface area (Å²) in [5, 5.41) is 22.4. The SMILES string of the molecule is NC(=NO)c1ccc(Oc2cccc([N+](=O)[O-])c2)c(Cl)c1. The summed E-state index contributed by atoms with van der Waals surface area (Å²) in [5.74, 6) is 0.494. The highest BCUT2D eigenvalue weighted by molar-refractivity contribution is 6.32. The van der Waals surface area contributed by atoms with Crippen LogP contribution in [-0.2, 0) is 0 Å². The van der Waals surface area contributed by atoms with E-state index < -0.39 is 4.92 Å². The van der Waals surface area contributed by atoms with Crippen LogP contribution in [0.15, 0.2) is 47.6 Å². The first kappa shape index (κ1) is 14.6. The molecule has 2 aromatic carbocycles. The van der Waals surface area contributed by atoms with Crippen molar-refractivity contribution in [3.8, 4) is 11.5 Å². The Morgan fingerprint density at radius 3 is 2.71 bits per heavy atom. The highest BCUT2D eigenvalue weighted by Crippen LogP contribution is 2.31. The lowest BCUT2D eigenvalue weighted by Crippen LogP contribution is -2.12. The van der Waals surface area contributed by atoms with E-state index in [2.05, 4.69) is 5.16 Å². The molecule has 108 valence electrons. The lowest BCUT2D eigenvalue weighted by molar-refractivity contribution is -0.384. The molecule has 3 N–H and O–H groups in total. The van der Waals surface area contributed by atoms with E-state index in [1.165, 1.54) is 30.3 Å². The molecule has 0 unspecified atom stereocenters. The van der Waals surface area contributed by atoms with Gasteiger partial charge in [0, 0.05) is 11.6 Å². The number of amidine groups is 1. The van der Waals surface area contributed by atoms with Gasteiger partial charge in [-0.25, -0.2) is 0 Å². The fourth-order valence-electron chi connectivity index (χ4n) is 1.59. The summed E-state index contributed by atoms with van der Waals surface area (Å²) in [6.45, 7) is 0. The predicted molar refractivity (Wildman–Crippen MR) is 77.1 cm³/mol. The second kappa shape index (κ2) is 6.10. The number of oxime groups is 1. The Hall–Kier alpha value is -2.80. The molecule has 2 aromatic rings. The van der Waals surface area contributed by atoms with Gasteiger partial charge in [0.05, 0.1) is 16.0 Å². The number of hydrogen-bond acceptors (Lipinski definition) is 5. The summed E-state index contributed by atoms with van der Waals surface area (Å²) in [6, 6.07) is 10.3. The number of non-ortho nitro benzene ring substituents is 1. The fraction of sp³-hybridized carbons (Fsp3) is 0. The molecule has 0 aliphatic carbocycles. The molecule has 0 fully saturated rings. The molecule has 0 aromatic heterocycles. The Kier molecular flexibility index (Phi) is 4.24. The van der Waals surface area contributed by atoms with Crippen molar-refractivity contribution in [1.82, 2.24) is 0 Å². The number of ether oxygens (including phenoxy) is 1. The smallest absolute Gasteiger partial charge is 0.273 e. The molecule has 0 aliphatic rings. The van der Waals surface area contributed by atoms with Gasteiger partial charge in [0.1, 0.15) is 11.5 Å². The predicted octanol–water partition coefficient (Wildman–Crippen LogP) is 3.14. The summed E-state index contributed by atoms with van der Waals surface area (Å²) in [6.07, 6.45) is 0. The molecule has 0 amide bonds. The summed E-state index contributed by atoms with van der Waals surface area (Å²) < 4.78 is 5.49. The van der Waals surface area contributed by atoms with Crippen molar-refractivity contribution in [3.63, 3.8) is 0 Å². The highest BCUT2D eigenvalue weighted by Gasteiger charge is 2.10. The van der Waals surface area contributed by atoms with Crippen molar-refractivity contribution in [2.45, 2.75) is 0 Å². The van der Waals surface area contributed by atoms with E-state index in [-0.39, 0.29) is 22.3 Å². The van der Waals surface area contributed by atoms with E-state index in [0.29, 0.717) is 11.3 Å². The quantitative estimate of drug-likeness (QED) is 0.296. The fourth-order valence-corrected chi connectivity index (χ4v) is 1.81. The first-order valence-electron chi connectivity index (χ1n) is 5.71. The Morgan fingerprint density at radius 1 is 1.33 bits per heavy atom. The lowest BCUT2D eigenvalue weighted by Gasteiger charge is -2.08. The van der Waals surface area contributed by atoms with Crippen molar-refractivity contribution >= 4 is 23.1 Å². The molecule has 0 heterocycles. The van der Waals surface area contributed by atoms with Crippen LogP contribution in [0.5, 0.6) is 11.5 Å². The van der Waals surface area contributed by atoms with Gasteiger partial charge in [-0.2, -0.15) is 0 Å². The number of nitro benzene ring substituents is 1. The van der Waals surface area contributed by atoms with E-state index in [0.717, 1.165) is 0 Å². The second-order valence-electron chi connectivity index (χ2n) is 3.99. The monoisotopic (exact) mass is 307 g/mol. The van der Waals surface area contributed by atoms with Crippen LogP contribution in [0, 0.1) is 10.1 Å². The van der Waals surface area contributed by atoms with Crippen LogP contribution in [0.1, 0.15) is 5.56 Å². The average molecular weight is 308 g/mol. The largest absolute Gasteiger partial charge is 0.456 e. The molecule has 0 saturated heterocycles. The number of nitrogens with zero attached hydrogens (tertiary/aromatic N) is 2. The van der Waals surface area contributed by atoms with E-state index in [1.807, 2.05) is 0 Å². The van der Waals surface area contributed by atoms with Gasteiger partial charge in [-0.3, -0.25) is 10.1 Å². The molecule has 0 spiro atoms. The first-order chi connectivity index (χ1) is 10.0. The van der Waals surface area contributed by atoms with Gasteiger partial charge >= 0.3 is 0 Å². The zero-order chi connectivity index (χ0) is 15.4. The maximum absolute atomic E-state index is 10.7. The van der Waals surface area contributed by atoms with Crippen LogP contribution in [0.25, 0.3) is 0 Å². The third-order valence-electron chi connectivity index (χ3n) is 2.59. The minimum absolute atomic E-state index is 0.0844. The first-order valence-corrected chi connectivity index (χ1v) is 6.09. The van der Waals surface area contributed by atoms with Gasteiger partial charge in [-0.15, -0.1) is 0 Å². The molecule has 2 rings (SSSR count). The molecular weight excluding hydrogens is 298 g/mol. The molecule has 0 saturated carbocycles. The van der Waals surface area contributed by atoms with E-state index in [9.17, 15) is 10.1 Å². The minimum Gasteiger partial charge on any atom is -0.456 e. The molecule has 21 heavy (non-hydrogen) atoms. The summed E-state index contributed by atoms with van der Waals surface area (Å²) in [5.41, 5.74) is 5.78. The number of nitro groups is 1. The van der Waals surface area contributed by atoms with Gasteiger partial charge in [-0.1, -0.05) is 22.8 Å². The van der Waals surface area contributed by atoms with Crippen LogP contribution >= 0.6 is 11.6 Å². The van der Waals surface area contributed by atoms with Gasteiger partial charge in [0.2, 0.25) is 0 Å². The van der Waals surface area contributed by atoms with Crippen molar-refractivity contribution < 1.29 is 14.9 Å². The van der Waals surface area contributed by atoms with Crippen LogP contribution in [0.2, 0.25) is 5.02 Å². The zero-order valence-electron chi connectivity index (χ0n) is 10.6. The molecule has 0 radical (unpaired) electrons. The molecule has 8 heteroatoms. The minimum atomic E-state index is -0.518.